The highest BCUT2D eigenvalue weighted by molar-refractivity contribution is 5.92. The number of carbonyl (C=O) groups is 1. The SMILES string of the molecule is CCc1cccc(C)c1NC(=O)CCc1nc(-c2ccccn2)no1. The number of para-hydroxylation sites is 1. The van der Waals surface area contributed by atoms with Gasteiger partial charge in [0.2, 0.25) is 17.6 Å². The number of nitrogens with zero attached hydrogens (tertiary/aromatic N) is 3. The Labute approximate surface area is 146 Å². The predicted molar refractivity (Wildman–Crippen MR) is 95.0 cm³/mol. The number of benzene rings is 1. The third-order valence-corrected chi connectivity index (χ3v) is 3.93. The average Bonchev–Trinajstić information content (AvgIpc) is 3.11. The zero-order valence-corrected chi connectivity index (χ0v) is 14.3. The Hall–Kier alpha value is -3.02. The lowest BCUT2D eigenvalue weighted by Crippen LogP contribution is -2.14. The fourth-order valence-corrected chi connectivity index (χ4v) is 2.58. The molecule has 0 bridgehead atoms. The first-order valence-corrected chi connectivity index (χ1v) is 8.29. The molecule has 0 unspecified atom stereocenters. The zero-order valence-electron chi connectivity index (χ0n) is 14.3. The molecular formula is C19H20N4O2. The minimum absolute atomic E-state index is 0.0680. The molecule has 1 aromatic carbocycles. The van der Waals surface area contributed by atoms with Crippen LogP contribution in [0.25, 0.3) is 11.5 Å². The van der Waals surface area contributed by atoms with Crippen LogP contribution in [-0.2, 0) is 17.6 Å². The molecule has 0 fully saturated rings. The van der Waals surface area contributed by atoms with Crippen LogP contribution in [0.4, 0.5) is 5.69 Å². The van der Waals surface area contributed by atoms with E-state index in [-0.39, 0.29) is 12.3 Å². The monoisotopic (exact) mass is 336 g/mol. The standard InChI is InChI=1S/C19H20N4O2/c1-3-14-8-6-7-13(2)18(14)21-16(24)10-11-17-22-19(23-25-17)15-9-4-5-12-20-15/h4-9,12H,3,10-11H2,1-2H3,(H,21,24). The molecule has 0 radical (unpaired) electrons. The quantitative estimate of drug-likeness (QED) is 0.744. The second-order valence-electron chi connectivity index (χ2n) is 5.74. The van der Waals surface area contributed by atoms with Gasteiger partial charge in [-0.2, -0.15) is 4.98 Å². The van der Waals surface area contributed by atoms with E-state index in [2.05, 4.69) is 27.4 Å². The maximum atomic E-state index is 12.3. The Balaban J connectivity index is 1.61. The highest BCUT2D eigenvalue weighted by Crippen LogP contribution is 2.21. The van der Waals surface area contributed by atoms with Gasteiger partial charge < -0.3 is 9.84 Å². The second-order valence-corrected chi connectivity index (χ2v) is 5.74. The summed E-state index contributed by atoms with van der Waals surface area (Å²) in [6.07, 6.45) is 3.21. The molecule has 0 atom stereocenters. The van der Waals surface area contributed by atoms with Crippen LogP contribution in [0.2, 0.25) is 0 Å². The first-order valence-electron chi connectivity index (χ1n) is 8.29. The van der Waals surface area contributed by atoms with Gasteiger partial charge in [0.05, 0.1) is 0 Å². The summed E-state index contributed by atoms with van der Waals surface area (Å²) >= 11 is 0. The smallest absolute Gasteiger partial charge is 0.227 e. The van der Waals surface area contributed by atoms with Crippen molar-refractivity contribution in [1.82, 2.24) is 15.1 Å². The van der Waals surface area contributed by atoms with Gasteiger partial charge in [0, 0.05) is 24.7 Å². The van der Waals surface area contributed by atoms with Crippen LogP contribution >= 0.6 is 0 Å². The van der Waals surface area contributed by atoms with Gasteiger partial charge in [0.1, 0.15) is 5.69 Å². The fraction of sp³-hybridized carbons (Fsp3) is 0.263. The summed E-state index contributed by atoms with van der Waals surface area (Å²) in [5, 5.41) is 6.91. The molecule has 0 aliphatic rings. The molecule has 1 N–H and O–H groups in total. The van der Waals surface area contributed by atoms with Crippen molar-refractivity contribution in [2.24, 2.45) is 0 Å². The third-order valence-electron chi connectivity index (χ3n) is 3.93. The minimum atomic E-state index is -0.0680. The van der Waals surface area contributed by atoms with Crippen molar-refractivity contribution in [2.75, 3.05) is 5.32 Å². The zero-order chi connectivity index (χ0) is 17.6. The van der Waals surface area contributed by atoms with E-state index >= 15 is 0 Å². The highest BCUT2D eigenvalue weighted by Gasteiger charge is 2.13. The Morgan fingerprint density at radius 3 is 2.84 bits per heavy atom. The molecule has 0 spiro atoms. The fourth-order valence-electron chi connectivity index (χ4n) is 2.58. The lowest BCUT2D eigenvalue weighted by molar-refractivity contribution is -0.116. The summed E-state index contributed by atoms with van der Waals surface area (Å²) in [5.41, 5.74) is 3.73. The molecule has 2 heterocycles. The Morgan fingerprint density at radius 2 is 2.08 bits per heavy atom. The van der Waals surface area contributed by atoms with E-state index in [0.29, 0.717) is 23.8 Å². The van der Waals surface area contributed by atoms with E-state index in [1.54, 1.807) is 6.20 Å². The number of aromatic nitrogens is 3. The number of aryl methyl sites for hydroxylation is 3. The van der Waals surface area contributed by atoms with Crippen LogP contribution < -0.4 is 5.32 Å². The van der Waals surface area contributed by atoms with E-state index in [9.17, 15) is 4.79 Å². The largest absolute Gasteiger partial charge is 0.339 e. The lowest BCUT2D eigenvalue weighted by Gasteiger charge is -2.12. The Kier molecular flexibility index (Phi) is 5.18. The number of amides is 1. The van der Waals surface area contributed by atoms with Gasteiger partial charge in [0.15, 0.2) is 0 Å². The third kappa shape index (κ3) is 4.09. The normalized spacial score (nSPS) is 10.6. The summed E-state index contributed by atoms with van der Waals surface area (Å²) in [6.45, 7) is 4.06. The van der Waals surface area contributed by atoms with Crippen LogP contribution in [0.15, 0.2) is 47.1 Å². The molecule has 0 saturated carbocycles. The molecule has 3 rings (SSSR count). The average molecular weight is 336 g/mol. The lowest BCUT2D eigenvalue weighted by atomic mass is 10.1. The first-order chi connectivity index (χ1) is 12.2. The van der Waals surface area contributed by atoms with Crippen molar-refractivity contribution in [2.45, 2.75) is 33.1 Å². The van der Waals surface area contributed by atoms with Gasteiger partial charge in [-0.05, 0) is 36.6 Å². The Morgan fingerprint density at radius 1 is 1.20 bits per heavy atom. The van der Waals surface area contributed by atoms with Gasteiger partial charge in [-0.25, -0.2) is 0 Å². The van der Waals surface area contributed by atoms with Crippen LogP contribution in [-0.4, -0.2) is 21.0 Å². The van der Waals surface area contributed by atoms with E-state index in [0.717, 1.165) is 23.2 Å². The molecule has 2 aromatic heterocycles. The van der Waals surface area contributed by atoms with Crippen molar-refractivity contribution in [3.05, 3.63) is 59.6 Å². The second kappa shape index (κ2) is 7.70. The number of hydrogen-bond acceptors (Lipinski definition) is 5. The van der Waals surface area contributed by atoms with Gasteiger partial charge in [-0.1, -0.05) is 36.3 Å². The Bertz CT molecular complexity index is 859. The summed E-state index contributed by atoms with van der Waals surface area (Å²) in [5.74, 6) is 0.793. The first kappa shape index (κ1) is 16.8. The number of carbonyl (C=O) groups excluding carboxylic acids is 1. The molecule has 25 heavy (non-hydrogen) atoms. The van der Waals surface area contributed by atoms with Gasteiger partial charge in [-0.15, -0.1) is 0 Å². The molecule has 6 heteroatoms. The van der Waals surface area contributed by atoms with Crippen molar-refractivity contribution >= 4 is 11.6 Å². The van der Waals surface area contributed by atoms with E-state index in [4.69, 9.17) is 4.52 Å². The number of nitrogens with one attached hydrogen (secondary N) is 1. The molecule has 6 nitrogen and oxygen atoms in total. The van der Waals surface area contributed by atoms with Gasteiger partial charge in [0.25, 0.3) is 0 Å². The van der Waals surface area contributed by atoms with Gasteiger partial charge >= 0.3 is 0 Å². The van der Waals surface area contributed by atoms with Crippen LogP contribution in [0, 0.1) is 6.92 Å². The van der Waals surface area contributed by atoms with Gasteiger partial charge in [-0.3, -0.25) is 9.78 Å². The van der Waals surface area contributed by atoms with Crippen LogP contribution in [0.5, 0.6) is 0 Å². The van der Waals surface area contributed by atoms with E-state index in [1.807, 2.05) is 43.3 Å². The topological polar surface area (TPSA) is 80.9 Å². The maximum Gasteiger partial charge on any atom is 0.227 e. The molecular weight excluding hydrogens is 316 g/mol. The molecule has 0 aliphatic carbocycles. The van der Waals surface area contributed by atoms with E-state index < -0.39 is 0 Å². The van der Waals surface area contributed by atoms with Crippen molar-refractivity contribution in [3.63, 3.8) is 0 Å². The molecule has 0 aliphatic heterocycles. The predicted octanol–water partition coefficient (Wildman–Crippen LogP) is 3.57. The minimum Gasteiger partial charge on any atom is -0.339 e. The molecule has 0 saturated heterocycles. The number of anilines is 1. The maximum absolute atomic E-state index is 12.3. The number of hydrogen-bond donors (Lipinski definition) is 1. The van der Waals surface area contributed by atoms with Crippen molar-refractivity contribution in [1.29, 1.82) is 0 Å². The molecule has 3 aromatic rings. The van der Waals surface area contributed by atoms with Crippen LogP contribution in [0.1, 0.15) is 30.4 Å². The summed E-state index contributed by atoms with van der Waals surface area (Å²) in [6, 6.07) is 11.5. The summed E-state index contributed by atoms with van der Waals surface area (Å²) in [7, 11) is 0. The summed E-state index contributed by atoms with van der Waals surface area (Å²) in [4.78, 5) is 20.7. The van der Waals surface area contributed by atoms with Crippen LogP contribution in [0.3, 0.4) is 0 Å². The summed E-state index contributed by atoms with van der Waals surface area (Å²) < 4.78 is 5.21. The number of pyridine rings is 1. The van der Waals surface area contributed by atoms with E-state index in [1.165, 1.54) is 0 Å². The highest BCUT2D eigenvalue weighted by atomic mass is 16.5. The van der Waals surface area contributed by atoms with Crippen molar-refractivity contribution < 1.29 is 9.32 Å². The number of rotatable bonds is 6. The molecule has 128 valence electrons. The molecule has 1 amide bonds. The van der Waals surface area contributed by atoms with Crippen molar-refractivity contribution in [3.8, 4) is 11.5 Å².